The molecule has 0 bridgehead atoms. The van der Waals surface area contributed by atoms with Crippen molar-refractivity contribution in [2.24, 2.45) is 0 Å². The highest BCUT2D eigenvalue weighted by molar-refractivity contribution is 7.89. The summed E-state index contributed by atoms with van der Waals surface area (Å²) in [5.41, 5.74) is 1.14. The summed E-state index contributed by atoms with van der Waals surface area (Å²) >= 11 is 0. The molecule has 1 saturated heterocycles. The van der Waals surface area contributed by atoms with Crippen molar-refractivity contribution >= 4 is 10.0 Å². The molecule has 26 heavy (non-hydrogen) atoms. The summed E-state index contributed by atoms with van der Waals surface area (Å²) in [4.78, 5) is 0.224. The normalized spacial score (nSPS) is 20.7. The molecule has 1 fully saturated rings. The van der Waals surface area contributed by atoms with Gasteiger partial charge in [-0.05, 0) is 24.1 Å². The summed E-state index contributed by atoms with van der Waals surface area (Å²) in [5.74, 6) is 1.06. The third-order valence-corrected chi connectivity index (χ3v) is 6.42. The molecular weight excluding hydrogens is 354 g/mol. The fourth-order valence-corrected chi connectivity index (χ4v) is 4.72. The summed E-state index contributed by atoms with van der Waals surface area (Å²) in [6, 6.07) is 14.7. The molecule has 0 saturated carbocycles. The molecule has 1 atom stereocenters. The number of morpholine rings is 1. The molecule has 7 heteroatoms. The average Bonchev–Trinajstić information content (AvgIpc) is 2.68. The maximum Gasteiger partial charge on any atom is 0.243 e. The van der Waals surface area contributed by atoms with Crippen molar-refractivity contribution in [3.05, 3.63) is 54.1 Å². The van der Waals surface area contributed by atoms with Gasteiger partial charge in [-0.2, -0.15) is 4.31 Å². The van der Waals surface area contributed by atoms with Gasteiger partial charge in [-0.15, -0.1) is 0 Å². The number of nitrogens with zero attached hydrogens (tertiary/aromatic N) is 1. The molecule has 4 rings (SSSR count). The van der Waals surface area contributed by atoms with Gasteiger partial charge < -0.3 is 14.2 Å². The van der Waals surface area contributed by atoms with Crippen molar-refractivity contribution in [3.8, 4) is 11.5 Å². The van der Waals surface area contributed by atoms with Gasteiger partial charge in [0.05, 0.1) is 17.6 Å². The number of rotatable bonds is 4. The van der Waals surface area contributed by atoms with Crippen LogP contribution in [0.15, 0.2) is 53.4 Å². The van der Waals surface area contributed by atoms with Crippen molar-refractivity contribution in [3.63, 3.8) is 0 Å². The van der Waals surface area contributed by atoms with E-state index in [0.717, 1.165) is 5.56 Å². The number of fused-ring (bicyclic) bond motifs is 1. The molecule has 1 unspecified atom stereocenters. The number of benzene rings is 2. The maximum atomic E-state index is 13.0. The van der Waals surface area contributed by atoms with E-state index in [-0.39, 0.29) is 11.0 Å². The lowest BCUT2D eigenvalue weighted by atomic mass is 10.1. The molecule has 0 amide bonds. The van der Waals surface area contributed by atoms with Gasteiger partial charge in [0.2, 0.25) is 10.0 Å². The zero-order chi connectivity index (χ0) is 18.0. The lowest BCUT2D eigenvalue weighted by molar-refractivity contribution is -0.000501. The van der Waals surface area contributed by atoms with Crippen LogP contribution in [-0.2, 0) is 21.2 Å². The minimum atomic E-state index is -3.60. The second-order valence-electron chi connectivity index (χ2n) is 6.35. The second-order valence-corrected chi connectivity index (χ2v) is 8.29. The van der Waals surface area contributed by atoms with Crippen LogP contribution in [0.25, 0.3) is 0 Å². The van der Waals surface area contributed by atoms with Crippen molar-refractivity contribution in [1.29, 1.82) is 0 Å². The quantitative estimate of drug-likeness (QED) is 0.819. The minimum absolute atomic E-state index is 0.155. The van der Waals surface area contributed by atoms with Gasteiger partial charge in [0.1, 0.15) is 13.2 Å². The van der Waals surface area contributed by atoms with Crippen LogP contribution in [0, 0.1) is 0 Å². The van der Waals surface area contributed by atoms with E-state index in [2.05, 4.69) is 0 Å². The first-order valence-corrected chi connectivity index (χ1v) is 10.1. The molecule has 6 nitrogen and oxygen atoms in total. The predicted octanol–water partition coefficient (Wildman–Crippen LogP) is 2.09. The molecule has 0 aliphatic carbocycles. The van der Waals surface area contributed by atoms with Gasteiger partial charge in [0, 0.05) is 19.2 Å². The monoisotopic (exact) mass is 375 g/mol. The van der Waals surface area contributed by atoms with Crippen LogP contribution in [0.1, 0.15) is 5.56 Å². The highest BCUT2D eigenvalue weighted by Crippen LogP contribution is 2.33. The van der Waals surface area contributed by atoms with Crippen LogP contribution < -0.4 is 9.47 Å². The van der Waals surface area contributed by atoms with Crippen LogP contribution in [-0.4, -0.2) is 51.7 Å². The van der Waals surface area contributed by atoms with Crippen molar-refractivity contribution in [2.45, 2.75) is 17.4 Å². The third kappa shape index (κ3) is 3.56. The number of ether oxygens (including phenoxy) is 3. The van der Waals surface area contributed by atoms with E-state index in [9.17, 15) is 8.42 Å². The lowest BCUT2D eigenvalue weighted by Crippen LogP contribution is -2.46. The number of hydrogen-bond acceptors (Lipinski definition) is 5. The Labute approximate surface area is 153 Å². The Morgan fingerprint density at radius 2 is 1.73 bits per heavy atom. The molecule has 0 N–H and O–H groups in total. The first-order valence-electron chi connectivity index (χ1n) is 8.68. The van der Waals surface area contributed by atoms with E-state index >= 15 is 0 Å². The fourth-order valence-electron chi connectivity index (χ4n) is 3.24. The smallest absolute Gasteiger partial charge is 0.243 e. The van der Waals surface area contributed by atoms with Crippen molar-refractivity contribution < 1.29 is 22.6 Å². The lowest BCUT2D eigenvalue weighted by Gasteiger charge is -2.32. The summed E-state index contributed by atoms with van der Waals surface area (Å²) < 4.78 is 44.3. The van der Waals surface area contributed by atoms with Gasteiger partial charge in [0.25, 0.3) is 0 Å². The second kappa shape index (κ2) is 7.26. The first kappa shape index (κ1) is 17.3. The Hall–Kier alpha value is -2.09. The van der Waals surface area contributed by atoms with E-state index in [1.807, 2.05) is 30.3 Å². The van der Waals surface area contributed by atoms with Gasteiger partial charge >= 0.3 is 0 Å². The van der Waals surface area contributed by atoms with Gasteiger partial charge in [-0.3, -0.25) is 0 Å². The van der Waals surface area contributed by atoms with Crippen LogP contribution in [0.5, 0.6) is 11.5 Å². The molecule has 0 aromatic heterocycles. The summed E-state index contributed by atoms with van der Waals surface area (Å²) in [5, 5.41) is 0. The summed E-state index contributed by atoms with van der Waals surface area (Å²) in [6.07, 6.45) is 0.534. The minimum Gasteiger partial charge on any atom is -0.486 e. The van der Waals surface area contributed by atoms with Crippen molar-refractivity contribution in [1.82, 2.24) is 4.31 Å². The zero-order valence-corrected chi connectivity index (χ0v) is 15.2. The molecule has 0 radical (unpaired) electrons. The number of sulfonamides is 1. The SMILES string of the molecule is O=S(=O)(c1ccc2c(c1)OCCO2)N1CCOC(Cc2ccccc2)C1. The highest BCUT2D eigenvalue weighted by atomic mass is 32.2. The van der Waals surface area contributed by atoms with E-state index in [4.69, 9.17) is 14.2 Å². The Kier molecular flexibility index (Phi) is 4.84. The Morgan fingerprint density at radius 3 is 2.54 bits per heavy atom. The summed E-state index contributed by atoms with van der Waals surface area (Å²) in [7, 11) is -3.60. The van der Waals surface area contributed by atoms with Crippen LogP contribution >= 0.6 is 0 Å². The largest absolute Gasteiger partial charge is 0.486 e. The fraction of sp³-hybridized carbons (Fsp3) is 0.368. The first-order chi connectivity index (χ1) is 12.6. The van der Waals surface area contributed by atoms with E-state index in [1.54, 1.807) is 18.2 Å². The van der Waals surface area contributed by atoms with E-state index < -0.39 is 10.0 Å². The number of hydrogen-bond donors (Lipinski definition) is 0. The zero-order valence-electron chi connectivity index (χ0n) is 14.3. The maximum absolute atomic E-state index is 13.0. The average molecular weight is 375 g/mol. The molecular formula is C19H21NO5S. The van der Waals surface area contributed by atoms with Gasteiger partial charge in [-0.1, -0.05) is 30.3 Å². The highest BCUT2D eigenvalue weighted by Gasteiger charge is 2.31. The Balaban J connectivity index is 1.52. The van der Waals surface area contributed by atoms with Crippen molar-refractivity contribution in [2.75, 3.05) is 32.9 Å². The van der Waals surface area contributed by atoms with Crippen LogP contribution in [0.4, 0.5) is 0 Å². The third-order valence-electron chi connectivity index (χ3n) is 4.56. The Bertz CT molecular complexity index is 869. The van der Waals surface area contributed by atoms with Gasteiger partial charge in [-0.25, -0.2) is 8.42 Å². The van der Waals surface area contributed by atoms with Crippen LogP contribution in [0.2, 0.25) is 0 Å². The standard InChI is InChI=1S/C19H21NO5S/c21-26(22,17-6-7-18-19(13-17)25-11-10-24-18)20-8-9-23-16(14-20)12-15-4-2-1-3-5-15/h1-7,13,16H,8-12,14H2. The molecule has 2 aromatic rings. The molecule has 2 aromatic carbocycles. The van der Waals surface area contributed by atoms with Gasteiger partial charge in [0.15, 0.2) is 11.5 Å². The summed E-state index contributed by atoms with van der Waals surface area (Å²) in [6.45, 7) is 1.98. The molecule has 2 aliphatic heterocycles. The topological polar surface area (TPSA) is 65.1 Å². The molecule has 0 spiro atoms. The molecule has 2 aliphatic rings. The Morgan fingerprint density at radius 1 is 0.962 bits per heavy atom. The molecule has 2 heterocycles. The predicted molar refractivity (Wildman–Crippen MR) is 96.1 cm³/mol. The molecule has 138 valence electrons. The van der Waals surface area contributed by atoms with E-state index in [0.29, 0.717) is 50.8 Å². The van der Waals surface area contributed by atoms with E-state index in [1.165, 1.54) is 4.31 Å². The van der Waals surface area contributed by atoms with Crippen LogP contribution in [0.3, 0.4) is 0 Å².